The summed E-state index contributed by atoms with van der Waals surface area (Å²) in [5, 5.41) is 13.6. The zero-order valence-electron chi connectivity index (χ0n) is 5.66. The van der Waals surface area contributed by atoms with E-state index in [1.807, 2.05) is 6.07 Å². The van der Waals surface area contributed by atoms with Crippen LogP contribution in [0.25, 0.3) is 0 Å². The Kier molecular flexibility index (Phi) is 2.36. The van der Waals surface area contributed by atoms with Crippen LogP contribution in [0.1, 0.15) is 18.3 Å². The second-order valence-electron chi connectivity index (χ2n) is 2.02. The van der Waals surface area contributed by atoms with Crippen LogP contribution in [0.4, 0.5) is 0 Å². The van der Waals surface area contributed by atoms with Crippen molar-refractivity contribution in [2.75, 3.05) is 0 Å². The maximum Gasteiger partial charge on any atom is 0.213 e. The van der Waals surface area contributed by atoms with Crippen molar-refractivity contribution in [3.63, 3.8) is 0 Å². The number of rotatable bonds is 2. The van der Waals surface area contributed by atoms with Crippen LogP contribution >= 0.6 is 12.2 Å². The summed E-state index contributed by atoms with van der Waals surface area (Å²) in [6, 6.07) is 1.56. The maximum absolute atomic E-state index is 8.30. The lowest BCUT2D eigenvalue weighted by molar-refractivity contribution is 0.692. The molecule has 0 saturated carbocycles. The molecule has 0 radical (unpaired) electrons. The second-order valence-corrected chi connectivity index (χ2v) is 2.41. The molecule has 0 aliphatic rings. The molecular formula is C5H7N5S. The maximum atomic E-state index is 8.30. The van der Waals surface area contributed by atoms with Crippen LogP contribution in [0.15, 0.2) is 0 Å². The molecule has 0 amide bonds. The summed E-state index contributed by atoms with van der Waals surface area (Å²) < 4.78 is 0.355. The number of nitrogens with one attached hydrogen (secondary N) is 2. The molecule has 11 heavy (non-hydrogen) atoms. The highest BCUT2D eigenvalue weighted by atomic mass is 32.1. The van der Waals surface area contributed by atoms with Gasteiger partial charge < -0.3 is 5.73 Å². The zero-order chi connectivity index (χ0) is 8.27. The van der Waals surface area contributed by atoms with Crippen LogP contribution in [0.3, 0.4) is 0 Å². The number of hydrogen-bond acceptors (Lipinski definition) is 4. The van der Waals surface area contributed by atoms with Crippen LogP contribution in [-0.4, -0.2) is 15.2 Å². The summed E-state index contributed by atoms with van der Waals surface area (Å²) in [7, 11) is 0. The Balaban J connectivity index is 2.78. The minimum absolute atomic E-state index is 0.232. The topological polar surface area (TPSA) is 94.3 Å². The van der Waals surface area contributed by atoms with Gasteiger partial charge in [0.15, 0.2) is 0 Å². The summed E-state index contributed by atoms with van der Waals surface area (Å²) in [5.74, 6) is 0.525. The summed E-state index contributed by atoms with van der Waals surface area (Å²) in [4.78, 5) is 3.86. The third kappa shape index (κ3) is 1.86. The first-order valence-corrected chi connectivity index (χ1v) is 3.42. The van der Waals surface area contributed by atoms with E-state index >= 15 is 0 Å². The number of nitriles is 1. The van der Waals surface area contributed by atoms with Gasteiger partial charge in [-0.05, 0) is 12.2 Å². The van der Waals surface area contributed by atoms with Crippen molar-refractivity contribution in [1.82, 2.24) is 15.2 Å². The minimum atomic E-state index is -0.382. The number of aromatic nitrogens is 3. The first-order valence-electron chi connectivity index (χ1n) is 3.01. The fourth-order valence-corrected chi connectivity index (χ4v) is 0.803. The fourth-order valence-electron chi connectivity index (χ4n) is 0.653. The third-order valence-corrected chi connectivity index (χ3v) is 1.38. The van der Waals surface area contributed by atoms with E-state index in [1.54, 1.807) is 0 Å². The predicted molar refractivity (Wildman–Crippen MR) is 40.9 cm³/mol. The number of nitrogens with zero attached hydrogens (tertiary/aromatic N) is 2. The molecule has 1 unspecified atom stereocenters. The van der Waals surface area contributed by atoms with Crippen LogP contribution in [-0.2, 0) is 0 Å². The summed E-state index contributed by atoms with van der Waals surface area (Å²) in [6.45, 7) is 0. The van der Waals surface area contributed by atoms with E-state index in [0.29, 0.717) is 10.6 Å². The molecule has 5 nitrogen and oxygen atoms in total. The highest BCUT2D eigenvalue weighted by molar-refractivity contribution is 7.71. The normalized spacial score (nSPS) is 12.4. The SMILES string of the molecule is N#CCC(N)c1nc(=S)[nH][nH]1. The molecule has 6 heteroatoms. The molecule has 0 spiro atoms. The average molecular weight is 169 g/mol. The molecule has 0 aliphatic carbocycles. The Morgan fingerprint density at radius 3 is 2.91 bits per heavy atom. The van der Waals surface area contributed by atoms with Gasteiger partial charge in [-0.2, -0.15) is 5.26 Å². The monoisotopic (exact) mass is 169 g/mol. The lowest BCUT2D eigenvalue weighted by Crippen LogP contribution is -2.10. The third-order valence-electron chi connectivity index (χ3n) is 1.18. The number of hydrogen-bond donors (Lipinski definition) is 3. The summed E-state index contributed by atoms with van der Waals surface area (Å²) >= 11 is 4.70. The van der Waals surface area contributed by atoms with E-state index in [0.717, 1.165) is 0 Å². The van der Waals surface area contributed by atoms with Crippen LogP contribution in [0.5, 0.6) is 0 Å². The van der Waals surface area contributed by atoms with Crippen LogP contribution in [0.2, 0.25) is 0 Å². The van der Waals surface area contributed by atoms with Crippen molar-refractivity contribution in [1.29, 1.82) is 5.26 Å². The van der Waals surface area contributed by atoms with Gasteiger partial charge in [0.05, 0.1) is 18.5 Å². The van der Waals surface area contributed by atoms with Gasteiger partial charge in [-0.1, -0.05) is 0 Å². The molecule has 0 saturated heterocycles. The van der Waals surface area contributed by atoms with E-state index in [-0.39, 0.29) is 12.5 Å². The molecular weight excluding hydrogens is 162 g/mol. The van der Waals surface area contributed by atoms with E-state index in [2.05, 4.69) is 15.2 Å². The van der Waals surface area contributed by atoms with Crippen molar-refractivity contribution in [2.24, 2.45) is 5.73 Å². The molecule has 0 aromatic carbocycles. The van der Waals surface area contributed by atoms with Gasteiger partial charge in [0, 0.05) is 0 Å². The molecule has 0 aliphatic heterocycles. The number of nitrogens with two attached hydrogens (primary N) is 1. The van der Waals surface area contributed by atoms with E-state index in [9.17, 15) is 0 Å². The highest BCUT2D eigenvalue weighted by Gasteiger charge is 2.07. The molecule has 0 bridgehead atoms. The van der Waals surface area contributed by atoms with Gasteiger partial charge in [0.1, 0.15) is 5.82 Å². The molecule has 1 heterocycles. The smallest absolute Gasteiger partial charge is 0.213 e. The second kappa shape index (κ2) is 3.27. The van der Waals surface area contributed by atoms with Gasteiger partial charge in [-0.25, -0.2) is 4.98 Å². The van der Waals surface area contributed by atoms with Crippen molar-refractivity contribution in [3.8, 4) is 6.07 Å². The van der Waals surface area contributed by atoms with Gasteiger partial charge in [0.25, 0.3) is 0 Å². The molecule has 58 valence electrons. The molecule has 4 N–H and O–H groups in total. The Labute approximate surface area is 68.2 Å². The number of aromatic amines is 2. The molecule has 1 aromatic rings. The Morgan fingerprint density at radius 2 is 2.45 bits per heavy atom. The first kappa shape index (κ1) is 7.91. The van der Waals surface area contributed by atoms with Gasteiger partial charge in [0.2, 0.25) is 4.77 Å². The Bertz CT molecular complexity index is 318. The van der Waals surface area contributed by atoms with Crippen molar-refractivity contribution >= 4 is 12.2 Å². The summed E-state index contributed by atoms with van der Waals surface area (Å²) in [6.07, 6.45) is 0.232. The highest BCUT2D eigenvalue weighted by Crippen LogP contribution is 2.05. The lowest BCUT2D eigenvalue weighted by Gasteiger charge is -1.99. The van der Waals surface area contributed by atoms with E-state index < -0.39 is 0 Å². The minimum Gasteiger partial charge on any atom is -0.320 e. The van der Waals surface area contributed by atoms with Gasteiger partial charge >= 0.3 is 0 Å². The number of H-pyrrole nitrogens is 2. The lowest BCUT2D eigenvalue weighted by atomic mass is 10.2. The Morgan fingerprint density at radius 1 is 1.73 bits per heavy atom. The fraction of sp³-hybridized carbons (Fsp3) is 0.400. The average Bonchev–Trinajstić information content (AvgIpc) is 2.36. The standard InChI is InChI=1S/C5H7N5S/c6-2-1-3(7)4-8-5(11)10-9-4/h3H,1,7H2,(H2,8,9,10,11). The van der Waals surface area contributed by atoms with Crippen molar-refractivity contribution in [3.05, 3.63) is 10.6 Å². The van der Waals surface area contributed by atoms with Gasteiger partial charge in [-0.3, -0.25) is 10.2 Å². The largest absolute Gasteiger partial charge is 0.320 e. The predicted octanol–water partition coefficient (Wildman–Crippen LogP) is 0.381. The first-order chi connectivity index (χ1) is 5.24. The van der Waals surface area contributed by atoms with Crippen molar-refractivity contribution < 1.29 is 0 Å². The molecule has 0 fully saturated rings. The van der Waals surface area contributed by atoms with Crippen LogP contribution < -0.4 is 5.73 Å². The zero-order valence-corrected chi connectivity index (χ0v) is 6.48. The molecule has 1 rings (SSSR count). The molecule has 1 aromatic heterocycles. The van der Waals surface area contributed by atoms with Crippen molar-refractivity contribution in [2.45, 2.75) is 12.5 Å². The van der Waals surface area contributed by atoms with E-state index in [1.165, 1.54) is 0 Å². The molecule has 1 atom stereocenters. The van der Waals surface area contributed by atoms with E-state index in [4.69, 9.17) is 23.2 Å². The Hall–Kier alpha value is -1.19. The van der Waals surface area contributed by atoms with Crippen LogP contribution in [0, 0.1) is 16.1 Å². The quantitative estimate of drug-likeness (QED) is 0.558. The summed E-state index contributed by atoms with van der Waals surface area (Å²) in [5.41, 5.74) is 5.54. The van der Waals surface area contributed by atoms with Gasteiger partial charge in [-0.15, -0.1) is 0 Å².